The molecule has 1 amide bonds. The Morgan fingerprint density at radius 3 is 2.67 bits per heavy atom. The number of rotatable bonds is 6. The Balaban J connectivity index is 2.49. The van der Waals surface area contributed by atoms with Gasteiger partial charge in [0.1, 0.15) is 5.92 Å². The highest BCUT2D eigenvalue weighted by Crippen LogP contribution is 2.14. The van der Waals surface area contributed by atoms with Crippen molar-refractivity contribution in [3.8, 4) is 6.07 Å². The van der Waals surface area contributed by atoms with E-state index in [2.05, 4.69) is 5.32 Å². The molecule has 1 aromatic carbocycles. The topological polar surface area (TPSA) is 70.0 Å². The van der Waals surface area contributed by atoms with Crippen LogP contribution in [0.15, 0.2) is 30.3 Å². The van der Waals surface area contributed by atoms with Gasteiger partial charge in [-0.2, -0.15) is 5.26 Å². The van der Waals surface area contributed by atoms with E-state index in [1.807, 2.05) is 12.1 Å². The summed E-state index contributed by atoms with van der Waals surface area (Å²) in [6.07, 6.45) is 2.28. The SMILES string of the molecule is CS(=O)CCCNC(=O)C(C#N)c1ccccc1. The van der Waals surface area contributed by atoms with Crippen LogP contribution in [0.1, 0.15) is 17.9 Å². The zero-order chi connectivity index (χ0) is 13.4. The van der Waals surface area contributed by atoms with Gasteiger partial charge in [-0.25, -0.2) is 0 Å². The third kappa shape index (κ3) is 4.68. The van der Waals surface area contributed by atoms with Crippen LogP contribution in [0.5, 0.6) is 0 Å². The first kappa shape index (κ1) is 14.4. The van der Waals surface area contributed by atoms with E-state index in [1.165, 1.54) is 0 Å². The molecule has 0 heterocycles. The van der Waals surface area contributed by atoms with Crippen molar-refractivity contribution in [2.24, 2.45) is 0 Å². The summed E-state index contributed by atoms with van der Waals surface area (Å²) in [4.78, 5) is 11.8. The van der Waals surface area contributed by atoms with Crippen molar-refractivity contribution in [3.63, 3.8) is 0 Å². The van der Waals surface area contributed by atoms with Gasteiger partial charge >= 0.3 is 0 Å². The second kappa shape index (κ2) is 7.62. The first-order chi connectivity index (χ1) is 8.65. The molecule has 0 aliphatic rings. The van der Waals surface area contributed by atoms with Crippen molar-refractivity contribution in [2.45, 2.75) is 12.3 Å². The number of nitrogens with one attached hydrogen (secondary N) is 1. The zero-order valence-electron chi connectivity index (χ0n) is 10.3. The summed E-state index contributed by atoms with van der Waals surface area (Å²) in [7, 11) is -0.845. The van der Waals surface area contributed by atoms with Gasteiger partial charge in [0.15, 0.2) is 0 Å². The van der Waals surface area contributed by atoms with Gasteiger partial charge < -0.3 is 5.32 Å². The van der Waals surface area contributed by atoms with Crippen molar-refractivity contribution in [3.05, 3.63) is 35.9 Å². The third-order valence-corrected chi connectivity index (χ3v) is 3.30. The fraction of sp³-hybridized carbons (Fsp3) is 0.385. The minimum Gasteiger partial charge on any atom is -0.355 e. The highest BCUT2D eigenvalue weighted by Gasteiger charge is 2.18. The number of carbonyl (C=O) groups excluding carboxylic acids is 1. The summed E-state index contributed by atoms with van der Waals surface area (Å²) < 4.78 is 10.8. The highest BCUT2D eigenvalue weighted by atomic mass is 32.2. The molecular weight excluding hydrogens is 248 g/mol. The molecule has 0 saturated carbocycles. The summed E-state index contributed by atoms with van der Waals surface area (Å²) in [5.74, 6) is -0.521. The summed E-state index contributed by atoms with van der Waals surface area (Å²) in [5, 5.41) is 11.7. The minimum absolute atomic E-state index is 0.300. The van der Waals surface area contributed by atoms with Crippen molar-refractivity contribution < 1.29 is 9.00 Å². The quantitative estimate of drug-likeness (QED) is 0.784. The number of nitriles is 1. The van der Waals surface area contributed by atoms with Crippen LogP contribution < -0.4 is 5.32 Å². The fourth-order valence-electron chi connectivity index (χ4n) is 1.52. The second-order valence-electron chi connectivity index (χ2n) is 3.89. The molecular formula is C13H16N2O2S. The smallest absolute Gasteiger partial charge is 0.241 e. The Labute approximate surface area is 109 Å². The number of hydrogen-bond acceptors (Lipinski definition) is 3. The minimum atomic E-state index is -0.845. The summed E-state index contributed by atoms with van der Waals surface area (Å²) in [6, 6.07) is 11.0. The number of nitrogens with zero attached hydrogens (tertiary/aromatic N) is 1. The molecule has 0 fully saturated rings. The summed E-state index contributed by atoms with van der Waals surface area (Å²) >= 11 is 0. The molecule has 0 aliphatic carbocycles. The van der Waals surface area contributed by atoms with E-state index in [-0.39, 0.29) is 5.91 Å². The van der Waals surface area contributed by atoms with Crippen LogP contribution >= 0.6 is 0 Å². The highest BCUT2D eigenvalue weighted by molar-refractivity contribution is 7.84. The largest absolute Gasteiger partial charge is 0.355 e. The van der Waals surface area contributed by atoms with Crippen molar-refractivity contribution in [1.29, 1.82) is 5.26 Å². The molecule has 4 nitrogen and oxygen atoms in total. The molecule has 0 aromatic heterocycles. The first-order valence-corrected chi connectivity index (χ1v) is 7.40. The van der Waals surface area contributed by atoms with Gasteiger partial charge in [0, 0.05) is 29.4 Å². The van der Waals surface area contributed by atoms with Gasteiger partial charge in [0.05, 0.1) is 6.07 Å². The van der Waals surface area contributed by atoms with Gasteiger partial charge in [-0.15, -0.1) is 0 Å². The number of amides is 1. The molecule has 2 unspecified atom stereocenters. The van der Waals surface area contributed by atoms with E-state index in [1.54, 1.807) is 30.5 Å². The Bertz CT molecular complexity index is 454. The van der Waals surface area contributed by atoms with Crippen LogP contribution in [0.25, 0.3) is 0 Å². The maximum Gasteiger partial charge on any atom is 0.241 e. The molecule has 0 bridgehead atoms. The van der Waals surface area contributed by atoms with Crippen LogP contribution in [0, 0.1) is 11.3 Å². The Morgan fingerprint density at radius 1 is 1.44 bits per heavy atom. The molecule has 1 rings (SSSR count). The molecule has 96 valence electrons. The summed E-state index contributed by atoms with van der Waals surface area (Å²) in [6.45, 7) is 0.448. The van der Waals surface area contributed by atoms with Crippen molar-refractivity contribution in [2.75, 3.05) is 18.6 Å². The van der Waals surface area contributed by atoms with Gasteiger partial charge in [0.2, 0.25) is 5.91 Å². The van der Waals surface area contributed by atoms with E-state index in [0.29, 0.717) is 24.3 Å². The van der Waals surface area contributed by atoms with E-state index >= 15 is 0 Å². The molecule has 1 N–H and O–H groups in total. The van der Waals surface area contributed by atoms with Gasteiger partial charge in [-0.1, -0.05) is 30.3 Å². The molecule has 0 spiro atoms. The van der Waals surface area contributed by atoms with Crippen LogP contribution in [0.3, 0.4) is 0 Å². The predicted molar refractivity (Wildman–Crippen MR) is 71.4 cm³/mol. The maximum atomic E-state index is 11.8. The average molecular weight is 264 g/mol. The number of hydrogen-bond donors (Lipinski definition) is 1. The van der Waals surface area contributed by atoms with E-state index in [0.717, 1.165) is 0 Å². The zero-order valence-corrected chi connectivity index (χ0v) is 11.1. The molecule has 18 heavy (non-hydrogen) atoms. The maximum absolute atomic E-state index is 11.8. The van der Waals surface area contributed by atoms with E-state index in [4.69, 9.17) is 5.26 Å². The molecule has 0 aliphatic heterocycles. The van der Waals surface area contributed by atoms with Crippen LogP contribution in [-0.2, 0) is 15.6 Å². The van der Waals surface area contributed by atoms with Gasteiger partial charge in [-0.3, -0.25) is 9.00 Å². The lowest BCUT2D eigenvalue weighted by molar-refractivity contribution is -0.121. The monoisotopic (exact) mass is 264 g/mol. The van der Waals surface area contributed by atoms with E-state index in [9.17, 15) is 9.00 Å². The molecule has 2 atom stereocenters. The number of benzene rings is 1. The number of carbonyl (C=O) groups is 1. The lowest BCUT2D eigenvalue weighted by atomic mass is 10.00. The summed E-state index contributed by atoms with van der Waals surface area (Å²) in [5.41, 5.74) is 0.691. The molecule has 5 heteroatoms. The predicted octanol–water partition coefficient (Wildman–Crippen LogP) is 1.18. The second-order valence-corrected chi connectivity index (χ2v) is 5.45. The molecule has 0 radical (unpaired) electrons. The molecule has 0 saturated heterocycles. The van der Waals surface area contributed by atoms with E-state index < -0.39 is 16.7 Å². The Morgan fingerprint density at radius 2 is 2.11 bits per heavy atom. The molecule has 1 aromatic rings. The van der Waals surface area contributed by atoms with Crippen LogP contribution in [0.4, 0.5) is 0 Å². The average Bonchev–Trinajstić information content (AvgIpc) is 2.36. The lowest BCUT2D eigenvalue weighted by Crippen LogP contribution is -2.30. The normalized spacial score (nSPS) is 13.3. The van der Waals surface area contributed by atoms with Crippen molar-refractivity contribution in [1.82, 2.24) is 5.32 Å². The standard InChI is InChI=1S/C13H16N2O2S/c1-18(17)9-5-8-15-13(16)12(10-14)11-6-3-2-4-7-11/h2-4,6-7,12H,5,8-9H2,1H3,(H,15,16). The third-order valence-electron chi connectivity index (χ3n) is 2.43. The Kier molecular flexibility index (Phi) is 6.09. The van der Waals surface area contributed by atoms with Gasteiger partial charge in [-0.05, 0) is 12.0 Å². The van der Waals surface area contributed by atoms with Gasteiger partial charge in [0.25, 0.3) is 0 Å². The lowest BCUT2D eigenvalue weighted by Gasteiger charge is -2.10. The van der Waals surface area contributed by atoms with Crippen molar-refractivity contribution >= 4 is 16.7 Å². The first-order valence-electron chi connectivity index (χ1n) is 5.67. The van der Waals surface area contributed by atoms with Crippen LogP contribution in [-0.4, -0.2) is 28.7 Å². The fourth-order valence-corrected chi connectivity index (χ4v) is 2.07. The Hall–Kier alpha value is -1.67. The van der Waals surface area contributed by atoms with Crippen LogP contribution in [0.2, 0.25) is 0 Å².